The van der Waals surface area contributed by atoms with Gasteiger partial charge in [0, 0.05) is 41.8 Å². The molecule has 4 aromatic rings. The van der Waals surface area contributed by atoms with Crippen LogP contribution in [0.15, 0.2) is 68.1 Å². The Balaban J connectivity index is 0.000000270. The molecule has 4 nitrogen and oxygen atoms in total. The van der Waals surface area contributed by atoms with Crippen LogP contribution in [0.5, 0.6) is 23.0 Å². The van der Waals surface area contributed by atoms with Crippen LogP contribution < -0.4 is 0 Å². The highest BCUT2D eigenvalue weighted by molar-refractivity contribution is 7.99. The Labute approximate surface area is 310 Å². The van der Waals surface area contributed by atoms with Crippen molar-refractivity contribution in [2.75, 3.05) is 0 Å². The number of rotatable bonds is 4. The fourth-order valence-electron chi connectivity index (χ4n) is 5.78. The molecule has 0 unspecified atom stereocenters. The minimum Gasteiger partial charge on any atom is -0.508 e. The predicted molar refractivity (Wildman–Crippen MR) is 214 cm³/mol. The molecule has 6 heteroatoms. The second-order valence-electron chi connectivity index (χ2n) is 17.7. The van der Waals surface area contributed by atoms with Crippen molar-refractivity contribution in [2.24, 2.45) is 0 Å². The third-order valence-electron chi connectivity index (χ3n) is 8.82. The van der Waals surface area contributed by atoms with Crippen LogP contribution in [0.4, 0.5) is 0 Å². The Morgan fingerprint density at radius 1 is 0.360 bits per heavy atom. The van der Waals surface area contributed by atoms with Gasteiger partial charge in [-0.05, 0) is 120 Å². The van der Waals surface area contributed by atoms with E-state index in [-0.39, 0.29) is 21.7 Å². The number of hydrogen-bond donors (Lipinski definition) is 4. The van der Waals surface area contributed by atoms with Crippen molar-refractivity contribution >= 4 is 23.5 Å². The maximum atomic E-state index is 10.4. The Kier molecular flexibility index (Phi) is 12.2. The molecule has 0 atom stereocenters. The molecule has 0 fully saturated rings. The molecular weight excluding hydrogens is 657 g/mol. The Morgan fingerprint density at radius 3 is 0.940 bits per heavy atom. The summed E-state index contributed by atoms with van der Waals surface area (Å²) in [5.74, 6) is 1.47. The van der Waals surface area contributed by atoms with Gasteiger partial charge in [0.05, 0.1) is 0 Å². The average Bonchev–Trinajstić information content (AvgIpc) is 2.93. The van der Waals surface area contributed by atoms with Gasteiger partial charge in [-0.25, -0.2) is 0 Å². The van der Waals surface area contributed by atoms with E-state index >= 15 is 0 Å². The highest BCUT2D eigenvalue weighted by Crippen LogP contribution is 2.44. The molecule has 0 aromatic heterocycles. The van der Waals surface area contributed by atoms with Gasteiger partial charge < -0.3 is 20.4 Å². The molecule has 4 rings (SSSR count). The number of phenols is 4. The number of aromatic hydroxyl groups is 4. The van der Waals surface area contributed by atoms with Crippen LogP contribution in [0.3, 0.4) is 0 Å². The van der Waals surface area contributed by atoms with Crippen LogP contribution >= 0.6 is 23.5 Å². The lowest BCUT2D eigenvalue weighted by Gasteiger charge is -2.24. The molecule has 0 amide bonds. The molecule has 0 heterocycles. The smallest absolute Gasteiger partial charge is 0.122 e. The van der Waals surface area contributed by atoms with Crippen molar-refractivity contribution in [3.8, 4) is 23.0 Å². The van der Waals surface area contributed by atoms with E-state index in [0.717, 1.165) is 64.1 Å². The van der Waals surface area contributed by atoms with Crippen LogP contribution in [-0.4, -0.2) is 20.4 Å². The second kappa shape index (κ2) is 14.8. The largest absolute Gasteiger partial charge is 0.508 e. The second-order valence-corrected chi connectivity index (χ2v) is 20.0. The Hall–Kier alpha value is -3.22. The predicted octanol–water partition coefficient (Wildman–Crippen LogP) is 12.9. The van der Waals surface area contributed by atoms with Gasteiger partial charge in [0.15, 0.2) is 0 Å². The van der Waals surface area contributed by atoms with E-state index in [1.165, 1.54) is 0 Å². The first-order valence-electron chi connectivity index (χ1n) is 17.3. The first-order chi connectivity index (χ1) is 22.6. The summed E-state index contributed by atoms with van der Waals surface area (Å²) in [6.45, 7) is 33.2. The lowest BCUT2D eigenvalue weighted by atomic mass is 9.85. The molecule has 0 saturated carbocycles. The highest BCUT2D eigenvalue weighted by atomic mass is 32.2. The Bertz CT molecular complexity index is 1730. The zero-order chi connectivity index (χ0) is 38.3. The van der Waals surface area contributed by atoms with Crippen molar-refractivity contribution in [3.05, 3.63) is 93.0 Å². The van der Waals surface area contributed by atoms with Crippen molar-refractivity contribution in [3.63, 3.8) is 0 Å². The van der Waals surface area contributed by atoms with Gasteiger partial charge in [0.25, 0.3) is 0 Å². The Morgan fingerprint density at radius 2 is 0.660 bits per heavy atom. The summed E-state index contributed by atoms with van der Waals surface area (Å²) in [5, 5.41) is 41.5. The summed E-state index contributed by atoms with van der Waals surface area (Å²) < 4.78 is 0. The zero-order valence-corrected chi connectivity index (χ0v) is 34.9. The van der Waals surface area contributed by atoms with Crippen molar-refractivity contribution in [1.82, 2.24) is 0 Å². The molecule has 0 spiro atoms. The molecule has 0 saturated heterocycles. The highest BCUT2D eigenvalue weighted by Gasteiger charge is 2.24. The standard InChI is InChI=1S/2C22H30O2S/c1-13-9-17(23)15(21(3,4)5)11-19(13)25-20-12-16(22(6,7)8)18(24)10-14(20)2;1-13-9-15(11-17(19(13)23)21(3,4)5)25-16-10-14(2)20(24)18(12-16)22(6,7)8/h2*9-12,23-24H,1-8H3. The van der Waals surface area contributed by atoms with Gasteiger partial charge in [-0.1, -0.05) is 107 Å². The summed E-state index contributed by atoms with van der Waals surface area (Å²) >= 11 is 3.37. The van der Waals surface area contributed by atoms with Gasteiger partial charge in [-0.2, -0.15) is 0 Å². The minimum atomic E-state index is -0.118. The summed E-state index contributed by atoms with van der Waals surface area (Å²) in [7, 11) is 0. The van der Waals surface area contributed by atoms with E-state index in [2.05, 4.69) is 107 Å². The molecule has 4 N–H and O–H groups in total. The summed E-state index contributed by atoms with van der Waals surface area (Å²) in [6, 6.07) is 16.1. The average molecular weight is 717 g/mol. The van der Waals surface area contributed by atoms with Crippen LogP contribution in [0.2, 0.25) is 0 Å². The maximum Gasteiger partial charge on any atom is 0.122 e. The molecule has 4 aromatic carbocycles. The molecule has 272 valence electrons. The fourth-order valence-corrected chi connectivity index (χ4v) is 7.90. The van der Waals surface area contributed by atoms with Gasteiger partial charge >= 0.3 is 0 Å². The van der Waals surface area contributed by atoms with Crippen molar-refractivity contribution < 1.29 is 20.4 Å². The lowest BCUT2D eigenvalue weighted by Crippen LogP contribution is -2.12. The number of phenolic OH excluding ortho intramolecular Hbond substituents is 4. The number of aryl methyl sites for hydroxylation is 4. The van der Waals surface area contributed by atoms with Gasteiger partial charge in [0.1, 0.15) is 23.0 Å². The molecule has 0 aliphatic rings. The molecule has 50 heavy (non-hydrogen) atoms. The van der Waals surface area contributed by atoms with E-state index in [1.54, 1.807) is 23.5 Å². The summed E-state index contributed by atoms with van der Waals surface area (Å²) in [6.07, 6.45) is 0. The summed E-state index contributed by atoms with van der Waals surface area (Å²) in [4.78, 5) is 4.48. The van der Waals surface area contributed by atoms with Crippen LogP contribution in [0.1, 0.15) is 128 Å². The van der Waals surface area contributed by atoms with Crippen molar-refractivity contribution in [1.29, 1.82) is 0 Å². The molecule has 0 aliphatic heterocycles. The van der Waals surface area contributed by atoms with Gasteiger partial charge in [0.2, 0.25) is 0 Å². The topological polar surface area (TPSA) is 80.9 Å². The van der Waals surface area contributed by atoms with E-state index < -0.39 is 0 Å². The monoisotopic (exact) mass is 716 g/mol. The number of benzene rings is 4. The minimum absolute atomic E-state index is 0.117. The van der Waals surface area contributed by atoms with Crippen LogP contribution in [-0.2, 0) is 21.7 Å². The van der Waals surface area contributed by atoms with Crippen LogP contribution in [0, 0.1) is 27.7 Å². The SMILES string of the molecule is Cc1cc(O)c(C(C)(C)C)cc1Sc1cc(C(C)(C)C)c(O)cc1C.Cc1cc(Sc2cc(C)c(O)c(C(C)(C)C)c2)cc(C(C)(C)C)c1O. The molecule has 0 aliphatic carbocycles. The molecular formula is C44H60O4S2. The lowest BCUT2D eigenvalue weighted by molar-refractivity contribution is 0.441. The maximum absolute atomic E-state index is 10.4. The quantitative estimate of drug-likeness (QED) is 0.168. The molecule has 0 radical (unpaired) electrons. The fraction of sp³-hybridized carbons (Fsp3) is 0.455. The third kappa shape index (κ3) is 9.97. The van der Waals surface area contributed by atoms with Gasteiger partial charge in [-0.3, -0.25) is 0 Å². The first kappa shape index (κ1) is 41.2. The number of hydrogen-bond acceptors (Lipinski definition) is 6. The van der Waals surface area contributed by atoms with E-state index in [4.69, 9.17) is 0 Å². The zero-order valence-electron chi connectivity index (χ0n) is 33.2. The van der Waals surface area contributed by atoms with Gasteiger partial charge in [-0.15, -0.1) is 0 Å². The van der Waals surface area contributed by atoms with E-state index in [0.29, 0.717) is 23.0 Å². The normalized spacial score (nSPS) is 12.5. The first-order valence-corrected chi connectivity index (χ1v) is 19.0. The molecule has 0 bridgehead atoms. The van der Waals surface area contributed by atoms with E-state index in [1.807, 2.05) is 52.0 Å². The van der Waals surface area contributed by atoms with E-state index in [9.17, 15) is 20.4 Å². The summed E-state index contributed by atoms with van der Waals surface area (Å²) in [5.41, 5.74) is 7.24. The van der Waals surface area contributed by atoms with Crippen molar-refractivity contribution in [2.45, 2.75) is 152 Å². The third-order valence-corrected chi connectivity index (χ3v) is 11.1. The van der Waals surface area contributed by atoms with Crippen LogP contribution in [0.25, 0.3) is 0 Å².